The second-order valence-electron chi connectivity index (χ2n) is 6.03. The molecule has 0 heterocycles. The van der Waals surface area contributed by atoms with E-state index in [0.717, 1.165) is 31.6 Å². The molecule has 20 heavy (non-hydrogen) atoms. The third-order valence-electron chi connectivity index (χ3n) is 3.76. The lowest BCUT2D eigenvalue weighted by molar-refractivity contribution is -0.132. The molecule has 0 spiro atoms. The largest absolute Gasteiger partial charge is 0.497 e. The van der Waals surface area contributed by atoms with Crippen molar-refractivity contribution in [2.24, 2.45) is 5.92 Å². The van der Waals surface area contributed by atoms with E-state index in [9.17, 15) is 4.79 Å². The van der Waals surface area contributed by atoms with Crippen LogP contribution in [0, 0.1) is 5.92 Å². The molecule has 0 unspecified atom stereocenters. The molecule has 1 aliphatic rings. The highest BCUT2D eigenvalue weighted by Crippen LogP contribution is 2.29. The van der Waals surface area contributed by atoms with Crippen molar-refractivity contribution in [1.29, 1.82) is 0 Å². The summed E-state index contributed by atoms with van der Waals surface area (Å²) >= 11 is 0. The second-order valence-corrected chi connectivity index (χ2v) is 6.03. The summed E-state index contributed by atoms with van der Waals surface area (Å²) in [7, 11) is 1.67. The Morgan fingerprint density at radius 3 is 2.45 bits per heavy atom. The molecule has 1 amide bonds. The minimum Gasteiger partial charge on any atom is -0.497 e. The molecule has 0 N–H and O–H groups in total. The molecule has 2 rings (SSSR count). The number of nitrogens with zero attached hydrogens (tertiary/aromatic N) is 1. The fourth-order valence-corrected chi connectivity index (χ4v) is 2.29. The van der Waals surface area contributed by atoms with E-state index < -0.39 is 0 Å². The number of rotatable bonds is 7. The number of hydrogen-bond donors (Lipinski definition) is 0. The Morgan fingerprint density at radius 1 is 1.30 bits per heavy atom. The van der Waals surface area contributed by atoms with Crippen LogP contribution in [-0.4, -0.2) is 24.0 Å². The van der Waals surface area contributed by atoms with Crippen LogP contribution >= 0.6 is 0 Å². The van der Waals surface area contributed by atoms with Gasteiger partial charge in [-0.3, -0.25) is 4.79 Å². The van der Waals surface area contributed by atoms with Crippen LogP contribution in [-0.2, 0) is 11.3 Å². The zero-order valence-electron chi connectivity index (χ0n) is 12.8. The van der Waals surface area contributed by atoms with E-state index >= 15 is 0 Å². The first kappa shape index (κ1) is 14.9. The Labute approximate surface area is 121 Å². The van der Waals surface area contributed by atoms with Crippen molar-refractivity contribution >= 4 is 5.91 Å². The normalized spacial score (nSPS) is 14.4. The van der Waals surface area contributed by atoms with Crippen LogP contribution in [0.3, 0.4) is 0 Å². The number of amides is 1. The van der Waals surface area contributed by atoms with Gasteiger partial charge in [0, 0.05) is 19.0 Å². The summed E-state index contributed by atoms with van der Waals surface area (Å²) in [4.78, 5) is 14.4. The van der Waals surface area contributed by atoms with Gasteiger partial charge in [-0.1, -0.05) is 26.0 Å². The maximum absolute atomic E-state index is 12.4. The fraction of sp³-hybridized carbons (Fsp3) is 0.588. The Hall–Kier alpha value is -1.51. The van der Waals surface area contributed by atoms with Crippen molar-refractivity contribution in [1.82, 2.24) is 4.90 Å². The molecule has 0 aromatic heterocycles. The first-order chi connectivity index (χ1) is 9.60. The van der Waals surface area contributed by atoms with Crippen LogP contribution < -0.4 is 4.74 Å². The van der Waals surface area contributed by atoms with Crippen LogP contribution in [0.25, 0.3) is 0 Å². The molecule has 3 nitrogen and oxygen atoms in total. The third kappa shape index (κ3) is 4.26. The Morgan fingerprint density at radius 2 is 1.95 bits per heavy atom. The highest BCUT2D eigenvalue weighted by molar-refractivity contribution is 5.76. The highest BCUT2D eigenvalue weighted by atomic mass is 16.5. The molecule has 0 atom stereocenters. The predicted octanol–water partition coefficient (Wildman–Crippen LogP) is 3.62. The molecular weight excluding hydrogens is 250 g/mol. The molecule has 0 bridgehead atoms. The third-order valence-corrected chi connectivity index (χ3v) is 3.76. The maximum atomic E-state index is 12.4. The molecule has 1 aliphatic carbocycles. The SMILES string of the molecule is COc1ccc(CN(C(=O)CCC(C)C)C2CC2)cc1. The van der Waals surface area contributed by atoms with Gasteiger partial charge in [0.15, 0.2) is 0 Å². The minimum absolute atomic E-state index is 0.303. The molecule has 110 valence electrons. The quantitative estimate of drug-likeness (QED) is 0.760. The standard InChI is InChI=1S/C17H25NO2/c1-13(2)4-11-17(19)18(15-7-8-15)12-14-5-9-16(20-3)10-6-14/h5-6,9-10,13,15H,4,7-8,11-12H2,1-3H3. The van der Waals surface area contributed by atoms with E-state index in [4.69, 9.17) is 4.74 Å². The van der Waals surface area contributed by atoms with Crippen molar-refractivity contribution in [3.05, 3.63) is 29.8 Å². The zero-order chi connectivity index (χ0) is 14.5. The summed E-state index contributed by atoms with van der Waals surface area (Å²) in [5.74, 6) is 1.75. The van der Waals surface area contributed by atoms with Crippen LogP contribution in [0.4, 0.5) is 0 Å². The van der Waals surface area contributed by atoms with Gasteiger partial charge >= 0.3 is 0 Å². The van der Waals surface area contributed by atoms with Gasteiger partial charge in [0.05, 0.1) is 7.11 Å². The van der Waals surface area contributed by atoms with Gasteiger partial charge in [0.25, 0.3) is 0 Å². The number of benzene rings is 1. The Bertz CT molecular complexity index is 435. The summed E-state index contributed by atoms with van der Waals surface area (Å²) in [5, 5.41) is 0. The summed E-state index contributed by atoms with van der Waals surface area (Å²) in [5.41, 5.74) is 1.18. The van der Waals surface area contributed by atoms with Crippen molar-refractivity contribution in [3.63, 3.8) is 0 Å². The van der Waals surface area contributed by atoms with E-state index in [0.29, 0.717) is 24.3 Å². The highest BCUT2D eigenvalue weighted by Gasteiger charge is 2.32. The molecule has 1 aromatic rings. The number of carbonyl (C=O) groups excluding carboxylic acids is 1. The summed E-state index contributed by atoms with van der Waals surface area (Å²) in [6.45, 7) is 5.06. The topological polar surface area (TPSA) is 29.5 Å². The van der Waals surface area contributed by atoms with Crippen LogP contribution in [0.1, 0.15) is 45.1 Å². The molecule has 0 aliphatic heterocycles. The Kier molecular flexibility index (Phi) is 5.05. The first-order valence-corrected chi connectivity index (χ1v) is 7.52. The van der Waals surface area contributed by atoms with Crippen molar-refractivity contribution in [2.75, 3.05) is 7.11 Å². The lowest BCUT2D eigenvalue weighted by Crippen LogP contribution is -2.32. The predicted molar refractivity (Wildman–Crippen MR) is 80.6 cm³/mol. The number of hydrogen-bond acceptors (Lipinski definition) is 2. The molecule has 0 radical (unpaired) electrons. The summed E-state index contributed by atoms with van der Waals surface area (Å²) < 4.78 is 5.17. The average Bonchev–Trinajstić information content (AvgIpc) is 3.27. The molecule has 1 fully saturated rings. The van der Waals surface area contributed by atoms with Crippen LogP contribution in [0.5, 0.6) is 5.75 Å². The van der Waals surface area contributed by atoms with Crippen LogP contribution in [0.2, 0.25) is 0 Å². The van der Waals surface area contributed by atoms with E-state index in [2.05, 4.69) is 18.7 Å². The monoisotopic (exact) mass is 275 g/mol. The zero-order valence-corrected chi connectivity index (χ0v) is 12.8. The molecule has 1 aromatic carbocycles. The number of ether oxygens (including phenoxy) is 1. The molecule has 0 saturated heterocycles. The van der Waals surface area contributed by atoms with E-state index in [1.807, 2.05) is 24.3 Å². The van der Waals surface area contributed by atoms with Crippen molar-refractivity contribution in [3.8, 4) is 5.75 Å². The van der Waals surface area contributed by atoms with Gasteiger partial charge in [0.1, 0.15) is 5.75 Å². The summed E-state index contributed by atoms with van der Waals surface area (Å²) in [6, 6.07) is 8.48. The van der Waals surface area contributed by atoms with Crippen LogP contribution in [0.15, 0.2) is 24.3 Å². The number of carbonyl (C=O) groups is 1. The molecule has 1 saturated carbocycles. The number of methoxy groups -OCH3 is 1. The van der Waals surface area contributed by atoms with E-state index in [-0.39, 0.29) is 0 Å². The van der Waals surface area contributed by atoms with Gasteiger partial charge < -0.3 is 9.64 Å². The second kappa shape index (κ2) is 6.78. The lowest BCUT2D eigenvalue weighted by Gasteiger charge is -2.23. The molecule has 3 heteroatoms. The average molecular weight is 275 g/mol. The Balaban J connectivity index is 1.96. The van der Waals surface area contributed by atoms with Crippen molar-refractivity contribution < 1.29 is 9.53 Å². The smallest absolute Gasteiger partial charge is 0.223 e. The maximum Gasteiger partial charge on any atom is 0.223 e. The van der Waals surface area contributed by atoms with Gasteiger partial charge in [-0.2, -0.15) is 0 Å². The molecular formula is C17H25NO2. The first-order valence-electron chi connectivity index (χ1n) is 7.52. The van der Waals surface area contributed by atoms with Gasteiger partial charge in [0.2, 0.25) is 5.91 Å². The van der Waals surface area contributed by atoms with E-state index in [1.54, 1.807) is 7.11 Å². The van der Waals surface area contributed by atoms with Gasteiger partial charge in [-0.05, 0) is 42.9 Å². The fourth-order valence-electron chi connectivity index (χ4n) is 2.29. The minimum atomic E-state index is 0.303. The lowest BCUT2D eigenvalue weighted by atomic mass is 10.1. The van der Waals surface area contributed by atoms with Crippen molar-refractivity contribution in [2.45, 2.75) is 52.1 Å². The van der Waals surface area contributed by atoms with Gasteiger partial charge in [-0.15, -0.1) is 0 Å². The van der Waals surface area contributed by atoms with Gasteiger partial charge in [-0.25, -0.2) is 0 Å². The van der Waals surface area contributed by atoms with E-state index in [1.165, 1.54) is 5.56 Å². The summed E-state index contributed by atoms with van der Waals surface area (Å²) in [6.07, 6.45) is 3.96.